The first-order valence-electron chi connectivity index (χ1n) is 9.25. The molecule has 0 aromatic rings. The van der Waals surface area contributed by atoms with Gasteiger partial charge in [-0.25, -0.2) is 5.53 Å². The molecule has 0 aromatic carbocycles. The van der Waals surface area contributed by atoms with E-state index in [1.165, 1.54) is 96.3 Å². The van der Waals surface area contributed by atoms with Crippen molar-refractivity contribution in [2.75, 3.05) is 6.54 Å². The van der Waals surface area contributed by atoms with Crippen molar-refractivity contribution in [3.63, 3.8) is 0 Å². The van der Waals surface area contributed by atoms with Gasteiger partial charge in [-0.15, -0.1) is 0 Å². The molecule has 0 rings (SSSR count). The molecule has 0 aliphatic rings. The fourth-order valence-corrected chi connectivity index (χ4v) is 2.74. The monoisotopic (exact) mass is 282 g/mol. The minimum absolute atomic E-state index is 0.735. The van der Waals surface area contributed by atoms with E-state index in [4.69, 9.17) is 5.53 Å². The second-order valence-electron chi connectivity index (χ2n) is 6.19. The fourth-order valence-electron chi connectivity index (χ4n) is 2.74. The molecule has 0 amide bonds. The summed E-state index contributed by atoms with van der Waals surface area (Å²) < 4.78 is 0. The maximum absolute atomic E-state index is 6.71. The summed E-state index contributed by atoms with van der Waals surface area (Å²) in [4.78, 5) is 0. The molecule has 0 saturated carbocycles. The molecular formula is C18H38N2. The van der Waals surface area contributed by atoms with E-state index >= 15 is 0 Å². The Bertz CT molecular complexity index is 180. The lowest BCUT2D eigenvalue weighted by Crippen LogP contribution is -1.84. The van der Waals surface area contributed by atoms with Crippen LogP contribution in [0.2, 0.25) is 0 Å². The first kappa shape index (κ1) is 19.6. The van der Waals surface area contributed by atoms with Gasteiger partial charge in [-0.05, 0) is 6.42 Å². The molecule has 20 heavy (non-hydrogen) atoms. The zero-order chi connectivity index (χ0) is 14.7. The molecule has 0 atom stereocenters. The Kier molecular flexibility index (Phi) is 18.2. The van der Waals surface area contributed by atoms with Gasteiger partial charge in [0.1, 0.15) is 0 Å². The largest absolute Gasteiger partial charge is 0.210 e. The molecule has 0 fully saturated rings. The highest BCUT2D eigenvalue weighted by atomic mass is 14.9. The highest BCUT2D eigenvalue weighted by Gasteiger charge is 1.94. The summed E-state index contributed by atoms with van der Waals surface area (Å²) in [5.41, 5.74) is 6.71. The third-order valence-corrected chi connectivity index (χ3v) is 4.12. The van der Waals surface area contributed by atoms with Gasteiger partial charge >= 0.3 is 0 Å². The van der Waals surface area contributed by atoms with Crippen LogP contribution < -0.4 is 0 Å². The molecule has 0 bridgehead atoms. The molecule has 0 spiro atoms. The average Bonchev–Trinajstić information content (AvgIpc) is 2.47. The van der Waals surface area contributed by atoms with Crippen molar-refractivity contribution < 1.29 is 0 Å². The van der Waals surface area contributed by atoms with Crippen LogP contribution in [0.5, 0.6) is 0 Å². The van der Waals surface area contributed by atoms with Crippen LogP contribution in [0.3, 0.4) is 0 Å². The zero-order valence-electron chi connectivity index (χ0n) is 14.0. The smallest absolute Gasteiger partial charge is 0.0596 e. The molecule has 2 nitrogen and oxygen atoms in total. The predicted octanol–water partition coefficient (Wildman–Crippen LogP) is 7.28. The Morgan fingerprint density at radius 2 is 0.800 bits per heavy atom. The molecule has 0 aliphatic carbocycles. The molecular weight excluding hydrogens is 244 g/mol. The number of nitrogens with zero attached hydrogens (tertiary/aromatic N) is 1. The van der Waals surface area contributed by atoms with Crippen molar-refractivity contribution in [2.45, 2.75) is 110 Å². The van der Waals surface area contributed by atoms with E-state index in [1.807, 2.05) is 0 Å². The topological polar surface area (TPSA) is 36.2 Å². The second kappa shape index (κ2) is 18.6. The van der Waals surface area contributed by atoms with Gasteiger partial charge in [0.05, 0.1) is 6.54 Å². The minimum atomic E-state index is 0.735. The van der Waals surface area contributed by atoms with Crippen molar-refractivity contribution in [1.82, 2.24) is 0 Å². The summed E-state index contributed by atoms with van der Waals surface area (Å²) in [5, 5.41) is 3.39. The quantitative estimate of drug-likeness (QED) is 0.215. The van der Waals surface area contributed by atoms with Crippen LogP contribution in [0.25, 0.3) is 0 Å². The normalized spacial score (nSPS) is 10.8. The number of rotatable bonds is 17. The van der Waals surface area contributed by atoms with Crippen molar-refractivity contribution in [2.24, 2.45) is 5.11 Å². The summed E-state index contributed by atoms with van der Waals surface area (Å²) in [6.45, 7) is 3.02. The highest BCUT2D eigenvalue weighted by molar-refractivity contribution is 4.50. The van der Waals surface area contributed by atoms with Gasteiger partial charge in [0.2, 0.25) is 0 Å². The van der Waals surface area contributed by atoms with Gasteiger partial charge in [-0.3, -0.25) is 0 Å². The summed E-state index contributed by atoms with van der Waals surface area (Å²) in [5.74, 6) is 0. The van der Waals surface area contributed by atoms with Gasteiger partial charge in [0.25, 0.3) is 0 Å². The minimum Gasteiger partial charge on any atom is -0.210 e. The van der Waals surface area contributed by atoms with Crippen LogP contribution in [0.4, 0.5) is 0 Å². The van der Waals surface area contributed by atoms with Crippen LogP contribution in [0.1, 0.15) is 110 Å². The SMILES string of the molecule is CCCCCCCCCCCCCCCCCCN=N. The number of nitrogens with one attached hydrogen (secondary N) is 1. The Balaban J connectivity index is 2.90. The first-order valence-corrected chi connectivity index (χ1v) is 9.25. The number of hydrogen-bond acceptors (Lipinski definition) is 2. The molecule has 1 N–H and O–H groups in total. The van der Waals surface area contributed by atoms with Crippen molar-refractivity contribution in [3.8, 4) is 0 Å². The summed E-state index contributed by atoms with van der Waals surface area (Å²) in [6.07, 6.45) is 22.4. The van der Waals surface area contributed by atoms with Crippen LogP contribution in [0, 0.1) is 5.53 Å². The van der Waals surface area contributed by atoms with Crippen molar-refractivity contribution in [3.05, 3.63) is 0 Å². The van der Waals surface area contributed by atoms with Crippen molar-refractivity contribution in [1.29, 1.82) is 5.53 Å². The van der Waals surface area contributed by atoms with Crippen LogP contribution in [-0.2, 0) is 0 Å². The molecule has 2 heteroatoms. The average molecular weight is 283 g/mol. The zero-order valence-corrected chi connectivity index (χ0v) is 14.0. The summed E-state index contributed by atoms with van der Waals surface area (Å²) >= 11 is 0. The van der Waals surface area contributed by atoms with E-state index in [-0.39, 0.29) is 0 Å². The highest BCUT2D eigenvalue weighted by Crippen LogP contribution is 2.13. The van der Waals surface area contributed by atoms with Gasteiger partial charge in [-0.1, -0.05) is 103 Å². The Morgan fingerprint density at radius 1 is 0.500 bits per heavy atom. The lowest BCUT2D eigenvalue weighted by molar-refractivity contribution is 0.529. The molecule has 120 valence electrons. The summed E-state index contributed by atoms with van der Waals surface area (Å²) in [6, 6.07) is 0. The second-order valence-corrected chi connectivity index (χ2v) is 6.19. The van der Waals surface area contributed by atoms with E-state index in [1.54, 1.807) is 0 Å². The lowest BCUT2D eigenvalue weighted by atomic mass is 10.0. The van der Waals surface area contributed by atoms with Crippen molar-refractivity contribution >= 4 is 0 Å². The maximum atomic E-state index is 6.71. The fraction of sp³-hybridized carbons (Fsp3) is 1.00. The third kappa shape index (κ3) is 17.6. The maximum Gasteiger partial charge on any atom is 0.0596 e. The molecule has 0 aliphatic heterocycles. The lowest BCUT2D eigenvalue weighted by Gasteiger charge is -2.03. The van der Waals surface area contributed by atoms with Crippen LogP contribution >= 0.6 is 0 Å². The van der Waals surface area contributed by atoms with Gasteiger partial charge in [-0.2, -0.15) is 5.11 Å². The van der Waals surface area contributed by atoms with Crippen LogP contribution in [0.15, 0.2) is 5.11 Å². The summed E-state index contributed by atoms with van der Waals surface area (Å²) in [7, 11) is 0. The Morgan fingerprint density at radius 3 is 1.10 bits per heavy atom. The van der Waals surface area contributed by atoms with E-state index < -0.39 is 0 Å². The Labute approximate surface area is 127 Å². The third-order valence-electron chi connectivity index (χ3n) is 4.12. The number of hydrogen-bond donors (Lipinski definition) is 1. The van der Waals surface area contributed by atoms with E-state index in [9.17, 15) is 0 Å². The molecule has 0 saturated heterocycles. The van der Waals surface area contributed by atoms with Gasteiger partial charge in [0, 0.05) is 0 Å². The predicted molar refractivity (Wildman–Crippen MR) is 89.6 cm³/mol. The molecule has 0 unspecified atom stereocenters. The molecule has 0 radical (unpaired) electrons. The van der Waals surface area contributed by atoms with E-state index in [0.29, 0.717) is 0 Å². The molecule has 0 heterocycles. The van der Waals surface area contributed by atoms with E-state index in [2.05, 4.69) is 12.0 Å². The van der Waals surface area contributed by atoms with Gasteiger partial charge < -0.3 is 0 Å². The molecule has 0 aromatic heterocycles. The Hall–Kier alpha value is -0.400. The van der Waals surface area contributed by atoms with Crippen LogP contribution in [-0.4, -0.2) is 6.54 Å². The first-order chi connectivity index (χ1) is 9.91. The van der Waals surface area contributed by atoms with Gasteiger partial charge in [0.15, 0.2) is 0 Å². The standard InChI is InChI=1S/C18H38N2/c1-2-3-4-5-6-7-8-9-10-11-12-13-14-15-16-17-18-20-19/h19H,2-18H2,1H3. The number of unbranched alkanes of at least 4 members (excludes halogenated alkanes) is 15. The van der Waals surface area contributed by atoms with E-state index in [0.717, 1.165) is 13.0 Å².